The van der Waals surface area contributed by atoms with Gasteiger partial charge in [-0.1, -0.05) is 26.0 Å². The standard InChI is InChI=1S/C18H29NO4/c1-13(2)10-23-16-6-4-5-14(7-16)8-19-9-15-11-22-12-17(21-3)18(15)20/h4-7,13,15,17-20H,8-12H2,1-3H3/t15-,17-,18+/m1/s1. The molecule has 1 aliphatic rings. The van der Waals surface area contributed by atoms with E-state index in [2.05, 4.69) is 31.3 Å². The van der Waals surface area contributed by atoms with Crippen LogP contribution < -0.4 is 10.1 Å². The number of hydrogen-bond acceptors (Lipinski definition) is 5. The minimum Gasteiger partial charge on any atom is -0.493 e. The van der Waals surface area contributed by atoms with Crippen LogP contribution in [0.15, 0.2) is 24.3 Å². The van der Waals surface area contributed by atoms with E-state index in [0.29, 0.717) is 25.7 Å². The van der Waals surface area contributed by atoms with Crippen molar-refractivity contribution < 1.29 is 19.3 Å². The predicted octanol–water partition coefficient (Wildman–Crippen LogP) is 1.83. The molecule has 0 radical (unpaired) electrons. The Morgan fingerprint density at radius 3 is 2.91 bits per heavy atom. The molecule has 130 valence electrons. The number of hydrogen-bond donors (Lipinski definition) is 2. The fourth-order valence-electron chi connectivity index (χ4n) is 2.63. The largest absolute Gasteiger partial charge is 0.493 e. The van der Waals surface area contributed by atoms with Crippen LogP contribution in [0.2, 0.25) is 0 Å². The molecule has 1 aliphatic heterocycles. The van der Waals surface area contributed by atoms with Gasteiger partial charge in [-0.2, -0.15) is 0 Å². The summed E-state index contributed by atoms with van der Waals surface area (Å²) in [6.45, 7) is 7.44. The molecule has 2 N–H and O–H groups in total. The highest BCUT2D eigenvalue weighted by Crippen LogP contribution is 2.18. The summed E-state index contributed by atoms with van der Waals surface area (Å²) in [5, 5.41) is 13.6. The summed E-state index contributed by atoms with van der Waals surface area (Å²) in [7, 11) is 1.61. The molecular weight excluding hydrogens is 294 g/mol. The van der Waals surface area contributed by atoms with Gasteiger partial charge in [0.2, 0.25) is 0 Å². The van der Waals surface area contributed by atoms with Crippen molar-refractivity contribution >= 4 is 0 Å². The summed E-state index contributed by atoms with van der Waals surface area (Å²) in [6.07, 6.45) is -0.717. The van der Waals surface area contributed by atoms with Crippen molar-refractivity contribution in [3.63, 3.8) is 0 Å². The summed E-state index contributed by atoms with van der Waals surface area (Å²) in [5.41, 5.74) is 1.17. The number of rotatable bonds is 8. The molecule has 1 aromatic carbocycles. The minimum absolute atomic E-state index is 0.0501. The monoisotopic (exact) mass is 323 g/mol. The molecule has 0 spiro atoms. The Kier molecular flexibility index (Phi) is 7.30. The number of aliphatic hydroxyl groups is 1. The topological polar surface area (TPSA) is 60.0 Å². The third kappa shape index (κ3) is 5.77. The molecule has 5 nitrogen and oxygen atoms in total. The van der Waals surface area contributed by atoms with Gasteiger partial charge >= 0.3 is 0 Å². The van der Waals surface area contributed by atoms with E-state index in [9.17, 15) is 5.11 Å². The predicted molar refractivity (Wildman–Crippen MR) is 89.6 cm³/mol. The summed E-state index contributed by atoms with van der Waals surface area (Å²) >= 11 is 0. The molecule has 1 saturated heterocycles. The van der Waals surface area contributed by atoms with Crippen molar-refractivity contribution in [1.82, 2.24) is 5.32 Å². The molecule has 2 rings (SSSR count). The van der Waals surface area contributed by atoms with Gasteiger partial charge in [0.1, 0.15) is 11.9 Å². The first-order chi connectivity index (χ1) is 11.1. The molecule has 1 aromatic rings. The lowest BCUT2D eigenvalue weighted by molar-refractivity contribution is -0.133. The summed E-state index contributed by atoms with van der Waals surface area (Å²) in [6, 6.07) is 8.11. The van der Waals surface area contributed by atoms with Crippen LogP contribution in [0.25, 0.3) is 0 Å². The van der Waals surface area contributed by atoms with Gasteiger partial charge in [-0.15, -0.1) is 0 Å². The maximum atomic E-state index is 10.2. The van der Waals surface area contributed by atoms with Crippen molar-refractivity contribution in [3.8, 4) is 5.75 Å². The average molecular weight is 323 g/mol. The van der Waals surface area contributed by atoms with Crippen LogP contribution in [-0.4, -0.2) is 50.8 Å². The summed E-state index contributed by atoms with van der Waals surface area (Å²) in [4.78, 5) is 0. The number of benzene rings is 1. The lowest BCUT2D eigenvalue weighted by atomic mass is 9.96. The van der Waals surface area contributed by atoms with Crippen molar-refractivity contribution in [2.24, 2.45) is 11.8 Å². The van der Waals surface area contributed by atoms with Crippen LogP contribution in [0.3, 0.4) is 0 Å². The summed E-state index contributed by atoms with van der Waals surface area (Å²) in [5.74, 6) is 1.46. The SMILES string of the molecule is CO[C@@H]1COC[C@@H](CNCc2cccc(OCC(C)C)c2)[C@@H]1O. The van der Waals surface area contributed by atoms with E-state index in [-0.39, 0.29) is 12.0 Å². The van der Waals surface area contributed by atoms with E-state index >= 15 is 0 Å². The normalized spacial score (nSPS) is 24.8. The highest BCUT2D eigenvalue weighted by molar-refractivity contribution is 5.28. The zero-order chi connectivity index (χ0) is 16.7. The number of ether oxygens (including phenoxy) is 3. The zero-order valence-electron chi connectivity index (χ0n) is 14.3. The third-order valence-corrected chi connectivity index (χ3v) is 4.00. The van der Waals surface area contributed by atoms with Crippen LogP contribution in [0.4, 0.5) is 0 Å². The molecule has 0 unspecified atom stereocenters. The Labute approximate surface area is 138 Å². The van der Waals surface area contributed by atoms with Gasteiger partial charge in [0.15, 0.2) is 0 Å². The van der Waals surface area contributed by atoms with Crippen LogP contribution in [-0.2, 0) is 16.0 Å². The number of aliphatic hydroxyl groups excluding tert-OH is 1. The van der Waals surface area contributed by atoms with E-state index in [4.69, 9.17) is 14.2 Å². The van der Waals surface area contributed by atoms with Crippen LogP contribution in [0.5, 0.6) is 5.75 Å². The Morgan fingerprint density at radius 1 is 1.35 bits per heavy atom. The number of methoxy groups -OCH3 is 1. The van der Waals surface area contributed by atoms with Crippen molar-refractivity contribution in [2.75, 3.05) is 33.5 Å². The quantitative estimate of drug-likeness (QED) is 0.764. The molecule has 23 heavy (non-hydrogen) atoms. The second-order valence-corrected chi connectivity index (χ2v) is 6.55. The molecule has 0 bridgehead atoms. The second kappa shape index (κ2) is 9.23. The average Bonchev–Trinajstić information content (AvgIpc) is 2.55. The molecular formula is C18H29NO4. The Balaban J connectivity index is 1.78. The second-order valence-electron chi connectivity index (χ2n) is 6.55. The molecule has 0 aliphatic carbocycles. The van der Waals surface area contributed by atoms with Crippen molar-refractivity contribution in [3.05, 3.63) is 29.8 Å². The fraction of sp³-hybridized carbons (Fsp3) is 0.667. The van der Waals surface area contributed by atoms with E-state index in [1.54, 1.807) is 7.11 Å². The zero-order valence-corrected chi connectivity index (χ0v) is 14.3. The van der Waals surface area contributed by atoms with Gasteiger partial charge < -0.3 is 24.6 Å². The van der Waals surface area contributed by atoms with Gasteiger partial charge in [0.05, 0.1) is 25.9 Å². The smallest absolute Gasteiger partial charge is 0.119 e. The molecule has 0 amide bonds. The Bertz CT molecular complexity index is 466. The number of nitrogens with one attached hydrogen (secondary N) is 1. The third-order valence-electron chi connectivity index (χ3n) is 4.00. The van der Waals surface area contributed by atoms with E-state index in [0.717, 1.165) is 18.9 Å². The highest BCUT2D eigenvalue weighted by atomic mass is 16.5. The Hall–Kier alpha value is -1.14. The Morgan fingerprint density at radius 2 is 2.17 bits per heavy atom. The minimum atomic E-state index is -0.484. The van der Waals surface area contributed by atoms with Crippen LogP contribution in [0.1, 0.15) is 19.4 Å². The molecule has 1 fully saturated rings. The lowest BCUT2D eigenvalue weighted by Crippen LogP contribution is -2.48. The van der Waals surface area contributed by atoms with E-state index in [1.807, 2.05) is 12.1 Å². The molecule has 0 aromatic heterocycles. The molecule has 3 atom stereocenters. The first kappa shape index (κ1) is 18.2. The van der Waals surface area contributed by atoms with Crippen LogP contribution in [0, 0.1) is 11.8 Å². The summed E-state index contributed by atoms with van der Waals surface area (Å²) < 4.78 is 16.5. The maximum absolute atomic E-state index is 10.2. The molecule has 0 saturated carbocycles. The molecule has 5 heteroatoms. The lowest BCUT2D eigenvalue weighted by Gasteiger charge is -2.33. The molecule has 1 heterocycles. The first-order valence-electron chi connectivity index (χ1n) is 8.31. The van der Waals surface area contributed by atoms with Crippen molar-refractivity contribution in [2.45, 2.75) is 32.6 Å². The highest BCUT2D eigenvalue weighted by Gasteiger charge is 2.32. The maximum Gasteiger partial charge on any atom is 0.119 e. The van der Waals surface area contributed by atoms with E-state index < -0.39 is 6.10 Å². The van der Waals surface area contributed by atoms with Crippen molar-refractivity contribution in [1.29, 1.82) is 0 Å². The van der Waals surface area contributed by atoms with Gasteiger partial charge in [-0.05, 0) is 23.6 Å². The first-order valence-corrected chi connectivity index (χ1v) is 8.31. The fourth-order valence-corrected chi connectivity index (χ4v) is 2.63. The van der Waals surface area contributed by atoms with Gasteiger partial charge in [0, 0.05) is 26.1 Å². The van der Waals surface area contributed by atoms with Gasteiger partial charge in [-0.25, -0.2) is 0 Å². The van der Waals surface area contributed by atoms with E-state index in [1.165, 1.54) is 5.56 Å². The van der Waals surface area contributed by atoms with Crippen LogP contribution >= 0.6 is 0 Å². The van der Waals surface area contributed by atoms with Gasteiger partial charge in [0.25, 0.3) is 0 Å². The van der Waals surface area contributed by atoms with Gasteiger partial charge in [-0.3, -0.25) is 0 Å².